The number of Topliss-reactive ketones (excluding diaryl/α,β-unsaturated/α-hetero) is 1. The minimum Gasteiger partial charge on any atom is -0.477 e. The summed E-state index contributed by atoms with van der Waals surface area (Å²) in [6.07, 6.45) is 0. The summed E-state index contributed by atoms with van der Waals surface area (Å²) in [7, 11) is 0. The molecular formula is C25H23ClN4O5S2. The smallest absolute Gasteiger partial charge is 0.341 e. The lowest BCUT2D eigenvalue weighted by Gasteiger charge is -2.18. The molecule has 0 saturated carbocycles. The van der Waals surface area contributed by atoms with E-state index >= 15 is 0 Å². The molecule has 9 nitrogen and oxygen atoms in total. The van der Waals surface area contributed by atoms with Crippen molar-refractivity contribution in [3.63, 3.8) is 0 Å². The molecule has 4 heterocycles. The average molecular weight is 559 g/mol. The second-order valence-corrected chi connectivity index (χ2v) is 11.8. The Balaban J connectivity index is 1.81. The van der Waals surface area contributed by atoms with Gasteiger partial charge in [-0.3, -0.25) is 19.0 Å². The maximum atomic E-state index is 13.2. The van der Waals surface area contributed by atoms with E-state index in [1.165, 1.54) is 39.5 Å². The van der Waals surface area contributed by atoms with Crippen LogP contribution >= 0.6 is 34.3 Å². The molecule has 0 aromatic carbocycles. The van der Waals surface area contributed by atoms with E-state index in [4.69, 9.17) is 11.6 Å². The van der Waals surface area contributed by atoms with E-state index in [0.717, 1.165) is 9.44 Å². The highest BCUT2D eigenvalue weighted by Crippen LogP contribution is 2.28. The van der Waals surface area contributed by atoms with Crippen LogP contribution in [0.4, 0.5) is 5.82 Å². The number of carboxylic acid groups (broad SMARTS) is 1. The Bertz CT molecular complexity index is 1540. The van der Waals surface area contributed by atoms with Gasteiger partial charge in [0.05, 0.1) is 23.1 Å². The zero-order valence-electron chi connectivity index (χ0n) is 20.1. The molecule has 0 unspecified atom stereocenters. The summed E-state index contributed by atoms with van der Waals surface area (Å²) in [5, 5.41) is 20.5. The van der Waals surface area contributed by atoms with Crippen LogP contribution in [0.1, 0.15) is 51.2 Å². The summed E-state index contributed by atoms with van der Waals surface area (Å²) >= 11 is 8.76. The molecular weight excluding hydrogens is 536 g/mol. The topological polar surface area (TPSA) is 123 Å². The zero-order chi connectivity index (χ0) is 26.9. The molecule has 0 radical (unpaired) electrons. The number of carbonyl (C=O) groups is 3. The van der Waals surface area contributed by atoms with Gasteiger partial charge in [-0.05, 0) is 35.7 Å². The third kappa shape index (κ3) is 5.74. The number of ketones is 1. The molecule has 0 amide bonds. The molecule has 4 aromatic rings. The fourth-order valence-electron chi connectivity index (χ4n) is 3.51. The van der Waals surface area contributed by atoms with Gasteiger partial charge in [0.1, 0.15) is 17.1 Å². The minimum atomic E-state index is -1.40. The van der Waals surface area contributed by atoms with Crippen molar-refractivity contribution in [2.24, 2.45) is 5.41 Å². The highest BCUT2D eigenvalue weighted by atomic mass is 35.5. The van der Waals surface area contributed by atoms with Gasteiger partial charge >= 0.3 is 5.97 Å². The van der Waals surface area contributed by atoms with Crippen LogP contribution in [-0.2, 0) is 13.1 Å². The number of pyridine rings is 1. The second kappa shape index (κ2) is 10.4. The van der Waals surface area contributed by atoms with Crippen molar-refractivity contribution in [1.82, 2.24) is 14.3 Å². The van der Waals surface area contributed by atoms with Gasteiger partial charge in [0, 0.05) is 27.3 Å². The molecule has 12 heteroatoms. The fourth-order valence-corrected chi connectivity index (χ4v) is 5.20. The van der Waals surface area contributed by atoms with E-state index in [0.29, 0.717) is 22.3 Å². The number of halogens is 1. The van der Waals surface area contributed by atoms with Crippen molar-refractivity contribution in [1.29, 1.82) is 0 Å². The predicted molar refractivity (Wildman–Crippen MR) is 144 cm³/mol. The number of carboxylic acids is 1. The van der Waals surface area contributed by atoms with Crippen LogP contribution in [0, 0.1) is 5.41 Å². The largest absolute Gasteiger partial charge is 0.477 e. The second-order valence-electron chi connectivity index (χ2n) is 9.21. The zero-order valence-corrected chi connectivity index (χ0v) is 22.5. The lowest BCUT2D eigenvalue weighted by molar-refractivity contribution is 0.0692. The summed E-state index contributed by atoms with van der Waals surface area (Å²) in [6, 6.07) is 9.47. The van der Waals surface area contributed by atoms with Crippen molar-refractivity contribution in [3.05, 3.63) is 77.9 Å². The lowest BCUT2D eigenvalue weighted by Crippen LogP contribution is -2.30. The molecule has 37 heavy (non-hydrogen) atoms. The number of aromatic nitrogens is 3. The maximum Gasteiger partial charge on any atom is 0.341 e. The quantitative estimate of drug-likeness (QED) is 0.279. The Labute approximate surface area is 224 Å². The Kier molecular flexibility index (Phi) is 7.49. The first-order valence-electron chi connectivity index (χ1n) is 11.1. The van der Waals surface area contributed by atoms with E-state index in [1.807, 2.05) is 6.07 Å². The van der Waals surface area contributed by atoms with Gasteiger partial charge in [0.25, 0.3) is 11.5 Å². The van der Waals surface area contributed by atoms with Crippen LogP contribution in [0.15, 0.2) is 52.0 Å². The van der Waals surface area contributed by atoms with E-state index in [-0.39, 0.29) is 29.6 Å². The standard InChI is InChI=1S/C25H23ClN4O5S2/c1-25(2,3)24(35)30-21(27-11-15-4-7-20(26)37-15)10-17(28-30)18-6-5-16(23(33)34)22(32)29(18)12-19(31)14-8-9-36-13-14/h4-10,13,27H,11-12H2,1-3H3,(H,33,34). The number of hydrogen-bond donors (Lipinski definition) is 2. The van der Waals surface area contributed by atoms with Crippen LogP contribution in [0.5, 0.6) is 0 Å². The molecule has 0 saturated heterocycles. The van der Waals surface area contributed by atoms with Crippen molar-refractivity contribution in [3.8, 4) is 11.4 Å². The summed E-state index contributed by atoms with van der Waals surface area (Å²) in [5.41, 5.74) is -1.23. The average Bonchev–Trinajstić information content (AvgIpc) is 3.58. The summed E-state index contributed by atoms with van der Waals surface area (Å²) in [4.78, 5) is 51.8. The maximum absolute atomic E-state index is 13.2. The Morgan fingerprint density at radius 2 is 1.89 bits per heavy atom. The van der Waals surface area contributed by atoms with Crippen LogP contribution in [0.3, 0.4) is 0 Å². The molecule has 0 aliphatic rings. The molecule has 192 valence electrons. The fraction of sp³-hybridized carbons (Fsp3) is 0.240. The first kappa shape index (κ1) is 26.5. The van der Waals surface area contributed by atoms with E-state index in [1.54, 1.807) is 49.7 Å². The number of nitrogens with one attached hydrogen (secondary N) is 1. The minimum absolute atomic E-state index is 0.209. The Morgan fingerprint density at radius 1 is 1.14 bits per heavy atom. The molecule has 0 fully saturated rings. The monoisotopic (exact) mass is 558 g/mol. The third-order valence-corrected chi connectivity index (χ3v) is 7.34. The van der Waals surface area contributed by atoms with Crippen LogP contribution < -0.4 is 10.9 Å². The molecule has 0 aliphatic heterocycles. The number of rotatable bonds is 8. The molecule has 0 aliphatic carbocycles. The molecule has 2 N–H and O–H groups in total. The molecule has 0 bridgehead atoms. The predicted octanol–water partition coefficient (Wildman–Crippen LogP) is 5.37. The highest BCUT2D eigenvalue weighted by Gasteiger charge is 2.28. The summed E-state index contributed by atoms with van der Waals surface area (Å²) in [6.45, 7) is 5.27. The summed E-state index contributed by atoms with van der Waals surface area (Å²) < 4.78 is 2.95. The van der Waals surface area contributed by atoms with Gasteiger partial charge < -0.3 is 10.4 Å². The normalized spacial score (nSPS) is 11.5. The van der Waals surface area contributed by atoms with Gasteiger partial charge in [-0.1, -0.05) is 32.4 Å². The van der Waals surface area contributed by atoms with Gasteiger partial charge in [-0.2, -0.15) is 21.1 Å². The van der Waals surface area contributed by atoms with Gasteiger partial charge in [0.2, 0.25) is 0 Å². The molecule has 4 aromatic heterocycles. The number of aromatic carboxylic acids is 1. The van der Waals surface area contributed by atoms with Crippen LogP contribution in [-0.4, -0.2) is 37.1 Å². The SMILES string of the molecule is CC(C)(C)C(=O)n1nc(-c2ccc(C(=O)O)c(=O)n2CC(=O)c2ccsc2)cc1NCc1ccc(Cl)s1. The van der Waals surface area contributed by atoms with Crippen molar-refractivity contribution >= 4 is 57.8 Å². The lowest BCUT2D eigenvalue weighted by atomic mass is 9.96. The Morgan fingerprint density at radius 3 is 2.49 bits per heavy atom. The first-order valence-corrected chi connectivity index (χ1v) is 13.3. The number of thiophene rings is 2. The highest BCUT2D eigenvalue weighted by molar-refractivity contribution is 7.16. The Hall–Kier alpha value is -3.54. The van der Waals surface area contributed by atoms with E-state index < -0.39 is 22.5 Å². The first-order chi connectivity index (χ1) is 17.5. The number of anilines is 1. The van der Waals surface area contributed by atoms with Crippen molar-refractivity contribution in [2.45, 2.75) is 33.9 Å². The van der Waals surface area contributed by atoms with Gasteiger partial charge in [0.15, 0.2) is 5.78 Å². The third-order valence-electron chi connectivity index (χ3n) is 5.43. The van der Waals surface area contributed by atoms with Crippen LogP contribution in [0.2, 0.25) is 4.34 Å². The molecule has 0 atom stereocenters. The van der Waals surface area contributed by atoms with Crippen molar-refractivity contribution in [2.75, 3.05) is 5.32 Å². The van der Waals surface area contributed by atoms with E-state index in [9.17, 15) is 24.3 Å². The van der Waals surface area contributed by atoms with E-state index in [2.05, 4.69) is 10.4 Å². The van der Waals surface area contributed by atoms with Crippen LogP contribution in [0.25, 0.3) is 11.4 Å². The number of nitrogens with zero attached hydrogens (tertiary/aromatic N) is 3. The number of carbonyl (C=O) groups excluding carboxylic acids is 2. The van der Waals surface area contributed by atoms with Gasteiger partial charge in [-0.15, -0.1) is 11.3 Å². The summed E-state index contributed by atoms with van der Waals surface area (Å²) in [5.74, 6) is -1.68. The molecule has 0 spiro atoms. The van der Waals surface area contributed by atoms with Crippen molar-refractivity contribution < 1.29 is 19.5 Å². The number of hydrogen-bond acceptors (Lipinski definition) is 8. The molecule has 4 rings (SSSR count). The van der Waals surface area contributed by atoms with Gasteiger partial charge in [-0.25, -0.2) is 4.79 Å².